The van der Waals surface area contributed by atoms with Crippen LogP contribution in [0, 0.1) is 0 Å². The summed E-state index contributed by atoms with van der Waals surface area (Å²) in [7, 11) is 0. The maximum Gasteiger partial charge on any atom is 1.00 e. The fourth-order valence-electron chi connectivity index (χ4n) is 0.0373. The zero-order chi connectivity index (χ0) is 3.91. The molecule has 4 nitrogen and oxygen atoms in total. The predicted molar refractivity (Wildman–Crippen MR) is 10.5 cm³/mol. The molecular formula is CH3LiO4Zn. The van der Waals surface area contributed by atoms with E-state index in [1.807, 2.05) is 0 Å². The van der Waals surface area contributed by atoms with Gasteiger partial charge in [0.15, 0.2) is 0 Å². The molecule has 0 unspecified atom stereocenters. The van der Waals surface area contributed by atoms with E-state index >= 15 is 0 Å². The first-order valence-electron chi connectivity index (χ1n) is 1.02. The maximum absolute atomic E-state index is 7.74. The van der Waals surface area contributed by atoms with Crippen LogP contribution < -0.4 is 18.9 Å². The van der Waals surface area contributed by atoms with Crippen molar-refractivity contribution >= 4 is 0 Å². The molecule has 0 aromatic heterocycles. The molecule has 0 aromatic rings. The molecule has 1 fully saturated rings. The van der Waals surface area contributed by atoms with Gasteiger partial charge in [-0.25, -0.2) is 0 Å². The van der Waals surface area contributed by atoms with Gasteiger partial charge < -0.3 is 11.6 Å². The second kappa shape index (κ2) is 3.16. The largest absolute Gasteiger partial charge is 1.00 e. The van der Waals surface area contributed by atoms with E-state index < -0.39 is 6.16 Å². The van der Waals surface area contributed by atoms with Gasteiger partial charge in [0.25, 0.3) is 0 Å². The quantitative estimate of drug-likeness (QED) is 0.159. The molecule has 34 valence electrons. The molecule has 7 heavy (non-hydrogen) atoms. The van der Waals surface area contributed by atoms with Gasteiger partial charge in [-0.1, -0.05) is 0 Å². The maximum atomic E-state index is 7.74. The van der Waals surface area contributed by atoms with Gasteiger partial charge in [-0.2, -0.15) is 0 Å². The van der Waals surface area contributed by atoms with Gasteiger partial charge in [0.1, 0.15) is 0 Å². The summed E-state index contributed by atoms with van der Waals surface area (Å²) >= 11 is 0. The first-order valence-corrected chi connectivity index (χ1v) is 1.02. The molecule has 1 heterocycles. The Kier molecular flexibility index (Phi) is 4.94. The molecule has 0 aromatic carbocycles. The van der Waals surface area contributed by atoms with E-state index in [9.17, 15) is 0 Å². The van der Waals surface area contributed by atoms with E-state index in [0.717, 1.165) is 0 Å². The van der Waals surface area contributed by atoms with Crippen LogP contribution in [0.2, 0.25) is 0 Å². The van der Waals surface area contributed by atoms with Crippen LogP contribution >= 0.6 is 0 Å². The second-order valence-electron chi connectivity index (χ2n) is 0.715. The Morgan fingerprint density at radius 2 is 1.43 bits per heavy atom. The van der Waals surface area contributed by atoms with Crippen LogP contribution in [0.15, 0.2) is 0 Å². The van der Waals surface area contributed by atoms with Gasteiger partial charge in [0.2, 0.25) is 0 Å². The third kappa shape index (κ3) is 4.92. The summed E-state index contributed by atoms with van der Waals surface area (Å²) in [6, 6.07) is 0. The Hall–Kier alpha value is 1.06. The van der Waals surface area contributed by atoms with Crippen LogP contribution in [0.5, 0.6) is 0 Å². The van der Waals surface area contributed by atoms with Crippen molar-refractivity contribution in [2.75, 3.05) is 0 Å². The first-order chi connectivity index (χ1) is 2.21. The summed E-state index contributed by atoms with van der Waals surface area (Å²) in [6.07, 6.45) is -2.25. The Labute approximate surface area is 66.1 Å². The summed E-state index contributed by atoms with van der Waals surface area (Å²) < 4.78 is 0. The first kappa shape index (κ1) is 10.9. The van der Waals surface area contributed by atoms with Crippen LogP contribution in [0.4, 0.5) is 0 Å². The molecule has 6 heteroatoms. The SMILES string of the molecule is OC1(O)OO1.[H-].[Li+].[Zn]. The minimum Gasteiger partial charge on any atom is -1.00 e. The average molecular weight is 151 g/mol. The Balaban J connectivity index is -0.0000000833. The van der Waals surface area contributed by atoms with Crippen molar-refractivity contribution < 1.29 is 59.8 Å². The average Bonchev–Trinajstić information content (AvgIpc) is 1.76. The number of hydrogen-bond donors (Lipinski definition) is 2. The van der Waals surface area contributed by atoms with Gasteiger partial charge in [-0.05, 0) is 0 Å². The molecule has 1 rings (SSSR count). The third-order valence-electron chi connectivity index (χ3n) is 0.232. The standard InChI is InChI=1S/CH2O4.Li.Zn.H/c2-1(3)4-5-1;;;/h2-3H;;;/q;+1;;-1. The summed E-state index contributed by atoms with van der Waals surface area (Å²) in [5.41, 5.74) is 0. The molecular weight excluding hydrogens is 148 g/mol. The van der Waals surface area contributed by atoms with Crippen LogP contribution in [-0.4, -0.2) is 16.4 Å². The van der Waals surface area contributed by atoms with Gasteiger partial charge in [-0.15, -0.1) is 9.78 Å². The molecule has 0 aliphatic carbocycles. The van der Waals surface area contributed by atoms with Crippen molar-refractivity contribution in [2.45, 2.75) is 6.16 Å². The fourth-order valence-corrected chi connectivity index (χ4v) is 0.0373. The topological polar surface area (TPSA) is 65.5 Å². The fraction of sp³-hybridized carbons (Fsp3) is 1.00. The predicted octanol–water partition coefficient (Wildman–Crippen LogP) is -4.34. The molecule has 0 bridgehead atoms. The van der Waals surface area contributed by atoms with E-state index in [1.165, 1.54) is 0 Å². The molecule has 0 spiro atoms. The molecule has 1 aliphatic heterocycles. The van der Waals surface area contributed by atoms with Crippen molar-refractivity contribution in [1.29, 1.82) is 0 Å². The molecule has 1 aliphatic rings. The van der Waals surface area contributed by atoms with E-state index in [0.29, 0.717) is 0 Å². The normalized spacial score (nSPS) is 21.4. The van der Waals surface area contributed by atoms with Crippen LogP contribution in [0.1, 0.15) is 1.43 Å². The smallest absolute Gasteiger partial charge is 1.00 e. The van der Waals surface area contributed by atoms with E-state index in [-0.39, 0.29) is 39.8 Å². The molecule has 0 radical (unpaired) electrons. The number of hydrogen-bond acceptors (Lipinski definition) is 4. The minimum atomic E-state index is -2.25. The zero-order valence-corrected chi connectivity index (χ0v) is 6.89. The Morgan fingerprint density at radius 1 is 1.29 bits per heavy atom. The van der Waals surface area contributed by atoms with E-state index in [4.69, 9.17) is 10.2 Å². The van der Waals surface area contributed by atoms with Crippen molar-refractivity contribution in [3.05, 3.63) is 0 Å². The summed E-state index contributed by atoms with van der Waals surface area (Å²) in [5, 5.41) is 15.5. The van der Waals surface area contributed by atoms with Crippen molar-refractivity contribution in [2.24, 2.45) is 0 Å². The molecule has 0 saturated carbocycles. The molecule has 0 amide bonds. The molecule has 0 atom stereocenters. The Bertz CT molecular complexity index is 54.0. The molecule has 1 saturated heterocycles. The van der Waals surface area contributed by atoms with Gasteiger partial charge in [-0.3, -0.25) is 0 Å². The summed E-state index contributed by atoms with van der Waals surface area (Å²) in [6.45, 7) is 0. The van der Waals surface area contributed by atoms with Crippen LogP contribution in [0.25, 0.3) is 0 Å². The van der Waals surface area contributed by atoms with Crippen molar-refractivity contribution in [1.82, 2.24) is 0 Å². The zero-order valence-electron chi connectivity index (χ0n) is 4.92. The van der Waals surface area contributed by atoms with Gasteiger partial charge >= 0.3 is 25.0 Å². The van der Waals surface area contributed by atoms with Gasteiger partial charge in [0, 0.05) is 19.5 Å². The Morgan fingerprint density at radius 3 is 1.43 bits per heavy atom. The summed E-state index contributed by atoms with van der Waals surface area (Å²) in [4.78, 5) is 7.01. The van der Waals surface area contributed by atoms with Crippen LogP contribution in [0.3, 0.4) is 0 Å². The third-order valence-corrected chi connectivity index (χ3v) is 0.232. The number of rotatable bonds is 0. The monoisotopic (exact) mass is 150 g/mol. The minimum absolute atomic E-state index is 0. The van der Waals surface area contributed by atoms with E-state index in [1.54, 1.807) is 0 Å². The molecule has 2 N–H and O–H groups in total. The van der Waals surface area contributed by atoms with Crippen molar-refractivity contribution in [3.8, 4) is 0 Å². The van der Waals surface area contributed by atoms with E-state index in [2.05, 4.69) is 9.78 Å². The number of aliphatic hydroxyl groups is 2. The second-order valence-corrected chi connectivity index (χ2v) is 0.715. The summed E-state index contributed by atoms with van der Waals surface area (Å²) in [5.74, 6) is 0. The van der Waals surface area contributed by atoms with Crippen LogP contribution in [-0.2, 0) is 29.3 Å². The van der Waals surface area contributed by atoms with Gasteiger partial charge in [0.05, 0.1) is 0 Å². The van der Waals surface area contributed by atoms with Crippen molar-refractivity contribution in [3.63, 3.8) is 0 Å².